The fourth-order valence-electron chi connectivity index (χ4n) is 1.09. The molecule has 4 heteroatoms. The molecule has 1 unspecified atom stereocenters. The van der Waals surface area contributed by atoms with Gasteiger partial charge in [-0.2, -0.15) is 5.10 Å². The van der Waals surface area contributed by atoms with Crippen molar-refractivity contribution in [3.05, 3.63) is 18.0 Å². The van der Waals surface area contributed by atoms with E-state index in [0.29, 0.717) is 6.42 Å². The number of hydrogen-bond acceptors (Lipinski definition) is 2. The van der Waals surface area contributed by atoms with E-state index in [2.05, 4.69) is 5.10 Å². The fourth-order valence-corrected chi connectivity index (χ4v) is 1.09. The molecule has 1 rings (SSSR count). The highest BCUT2D eigenvalue weighted by Crippen LogP contribution is 2.19. The van der Waals surface area contributed by atoms with Crippen LogP contribution in [-0.4, -0.2) is 20.9 Å². The summed E-state index contributed by atoms with van der Waals surface area (Å²) in [6.45, 7) is 5.40. The quantitative estimate of drug-likeness (QED) is 0.768. The van der Waals surface area contributed by atoms with Gasteiger partial charge in [0.05, 0.1) is 6.20 Å². The third-order valence-corrected chi connectivity index (χ3v) is 2.37. The number of hydrogen-bond donors (Lipinski definition) is 1. The standard InChI is InChI=1S/C9H14N2O2/c1-4-9(3,8(12)13)11-6-7(2)5-10-11/h5-6H,4H2,1-3H3,(H,12,13). The van der Waals surface area contributed by atoms with Crippen molar-refractivity contribution in [2.24, 2.45) is 0 Å². The average Bonchev–Trinajstić information content (AvgIpc) is 2.50. The summed E-state index contributed by atoms with van der Waals surface area (Å²) in [6.07, 6.45) is 3.93. The Balaban J connectivity index is 3.09. The number of carbonyl (C=O) groups is 1. The number of carboxylic acids is 1. The largest absolute Gasteiger partial charge is 0.479 e. The van der Waals surface area contributed by atoms with Gasteiger partial charge in [-0.25, -0.2) is 4.79 Å². The van der Waals surface area contributed by atoms with Crippen LogP contribution in [0.2, 0.25) is 0 Å². The Kier molecular flexibility index (Phi) is 2.40. The van der Waals surface area contributed by atoms with E-state index in [-0.39, 0.29) is 0 Å². The van der Waals surface area contributed by atoms with Crippen molar-refractivity contribution < 1.29 is 9.90 Å². The first-order chi connectivity index (χ1) is 6.00. The van der Waals surface area contributed by atoms with Gasteiger partial charge >= 0.3 is 5.97 Å². The third-order valence-electron chi connectivity index (χ3n) is 2.37. The molecule has 1 N–H and O–H groups in total. The van der Waals surface area contributed by atoms with Gasteiger partial charge in [0.15, 0.2) is 5.54 Å². The maximum absolute atomic E-state index is 11.0. The first-order valence-corrected chi connectivity index (χ1v) is 4.26. The summed E-state index contributed by atoms with van der Waals surface area (Å²) >= 11 is 0. The summed E-state index contributed by atoms with van der Waals surface area (Å²) < 4.78 is 1.50. The molecule has 0 saturated carbocycles. The SMILES string of the molecule is CCC(C)(C(=O)O)n1cc(C)cn1. The van der Waals surface area contributed by atoms with Crippen molar-refractivity contribution in [1.82, 2.24) is 9.78 Å². The Labute approximate surface area is 77.2 Å². The van der Waals surface area contributed by atoms with Crippen LogP contribution in [0.3, 0.4) is 0 Å². The Hall–Kier alpha value is -1.32. The zero-order chi connectivity index (χ0) is 10.1. The van der Waals surface area contributed by atoms with Gasteiger partial charge < -0.3 is 5.11 Å². The normalized spacial score (nSPS) is 15.3. The van der Waals surface area contributed by atoms with E-state index in [0.717, 1.165) is 5.56 Å². The molecule has 0 radical (unpaired) electrons. The van der Waals surface area contributed by atoms with Crippen molar-refractivity contribution in [3.8, 4) is 0 Å². The minimum Gasteiger partial charge on any atom is -0.479 e. The summed E-state index contributed by atoms with van der Waals surface area (Å²) in [7, 11) is 0. The number of aromatic nitrogens is 2. The smallest absolute Gasteiger partial charge is 0.331 e. The molecule has 72 valence electrons. The van der Waals surface area contributed by atoms with E-state index in [4.69, 9.17) is 5.11 Å². The van der Waals surface area contributed by atoms with Gasteiger partial charge in [-0.15, -0.1) is 0 Å². The van der Waals surface area contributed by atoms with Crippen LogP contribution >= 0.6 is 0 Å². The van der Waals surface area contributed by atoms with E-state index in [1.165, 1.54) is 4.68 Å². The topological polar surface area (TPSA) is 55.1 Å². The lowest BCUT2D eigenvalue weighted by atomic mass is 10.00. The summed E-state index contributed by atoms with van der Waals surface area (Å²) in [4.78, 5) is 11.0. The molecule has 1 aromatic rings. The van der Waals surface area contributed by atoms with E-state index < -0.39 is 11.5 Å². The summed E-state index contributed by atoms with van der Waals surface area (Å²) in [5.74, 6) is -0.849. The first-order valence-electron chi connectivity index (χ1n) is 4.26. The second-order valence-electron chi connectivity index (χ2n) is 3.39. The second-order valence-corrected chi connectivity index (χ2v) is 3.39. The van der Waals surface area contributed by atoms with E-state index in [9.17, 15) is 4.79 Å². The molecule has 0 fully saturated rings. The predicted octanol–water partition coefficient (Wildman–Crippen LogP) is 1.40. The Morgan fingerprint density at radius 1 is 1.77 bits per heavy atom. The lowest BCUT2D eigenvalue weighted by Gasteiger charge is -2.23. The van der Waals surface area contributed by atoms with Gasteiger partial charge in [-0.05, 0) is 25.8 Å². The molecule has 0 aliphatic carbocycles. The van der Waals surface area contributed by atoms with Crippen LogP contribution in [0.4, 0.5) is 0 Å². The van der Waals surface area contributed by atoms with Gasteiger partial charge in [0.2, 0.25) is 0 Å². The molecule has 0 aromatic carbocycles. The number of carboxylic acid groups (broad SMARTS) is 1. The molecule has 4 nitrogen and oxygen atoms in total. The lowest BCUT2D eigenvalue weighted by molar-refractivity contribution is -0.147. The summed E-state index contributed by atoms with van der Waals surface area (Å²) in [6, 6.07) is 0. The van der Waals surface area contributed by atoms with Crippen LogP contribution in [0.5, 0.6) is 0 Å². The molecule has 0 aliphatic heterocycles. The Morgan fingerprint density at radius 2 is 2.38 bits per heavy atom. The summed E-state index contributed by atoms with van der Waals surface area (Å²) in [5.41, 5.74) is 0.0507. The first kappa shape index (κ1) is 9.77. The van der Waals surface area contributed by atoms with Gasteiger partial charge in [-0.3, -0.25) is 4.68 Å². The van der Waals surface area contributed by atoms with Gasteiger partial charge in [0.1, 0.15) is 0 Å². The maximum Gasteiger partial charge on any atom is 0.331 e. The maximum atomic E-state index is 11.0. The second kappa shape index (κ2) is 3.20. The van der Waals surface area contributed by atoms with Crippen LogP contribution in [-0.2, 0) is 10.3 Å². The van der Waals surface area contributed by atoms with Crippen molar-refractivity contribution in [1.29, 1.82) is 0 Å². The molecular weight excluding hydrogens is 168 g/mol. The lowest BCUT2D eigenvalue weighted by Crippen LogP contribution is -2.38. The number of aliphatic carboxylic acids is 1. The average molecular weight is 182 g/mol. The highest BCUT2D eigenvalue weighted by molar-refractivity contribution is 5.75. The molecular formula is C9H14N2O2. The van der Waals surface area contributed by atoms with Crippen molar-refractivity contribution in [2.75, 3.05) is 0 Å². The van der Waals surface area contributed by atoms with E-state index in [1.807, 2.05) is 13.8 Å². The third kappa shape index (κ3) is 1.56. The van der Waals surface area contributed by atoms with Crippen molar-refractivity contribution in [2.45, 2.75) is 32.7 Å². The Morgan fingerprint density at radius 3 is 2.69 bits per heavy atom. The summed E-state index contributed by atoms with van der Waals surface area (Å²) in [5, 5.41) is 13.1. The molecule has 0 saturated heterocycles. The highest BCUT2D eigenvalue weighted by Gasteiger charge is 2.33. The van der Waals surface area contributed by atoms with E-state index in [1.54, 1.807) is 19.3 Å². The monoisotopic (exact) mass is 182 g/mol. The molecule has 1 atom stereocenters. The Bertz CT molecular complexity index is 319. The molecule has 0 amide bonds. The number of nitrogens with zero attached hydrogens (tertiary/aromatic N) is 2. The molecule has 0 spiro atoms. The van der Waals surface area contributed by atoms with Crippen molar-refractivity contribution in [3.63, 3.8) is 0 Å². The van der Waals surface area contributed by atoms with Gasteiger partial charge in [0, 0.05) is 6.20 Å². The predicted molar refractivity (Wildman–Crippen MR) is 48.5 cm³/mol. The minimum absolute atomic E-state index is 0.517. The zero-order valence-electron chi connectivity index (χ0n) is 8.11. The van der Waals surface area contributed by atoms with Crippen LogP contribution in [0.1, 0.15) is 25.8 Å². The van der Waals surface area contributed by atoms with Crippen LogP contribution < -0.4 is 0 Å². The van der Waals surface area contributed by atoms with E-state index >= 15 is 0 Å². The molecule has 0 aliphatic rings. The van der Waals surface area contributed by atoms with Gasteiger partial charge in [-0.1, -0.05) is 6.92 Å². The zero-order valence-corrected chi connectivity index (χ0v) is 8.11. The molecule has 13 heavy (non-hydrogen) atoms. The van der Waals surface area contributed by atoms with Crippen LogP contribution in [0.15, 0.2) is 12.4 Å². The highest BCUT2D eigenvalue weighted by atomic mass is 16.4. The van der Waals surface area contributed by atoms with Crippen molar-refractivity contribution >= 4 is 5.97 Å². The minimum atomic E-state index is -0.922. The molecule has 1 aromatic heterocycles. The molecule has 1 heterocycles. The van der Waals surface area contributed by atoms with Crippen LogP contribution in [0.25, 0.3) is 0 Å². The molecule has 0 bridgehead atoms. The van der Waals surface area contributed by atoms with Crippen LogP contribution in [0, 0.1) is 6.92 Å². The van der Waals surface area contributed by atoms with Gasteiger partial charge in [0.25, 0.3) is 0 Å². The number of rotatable bonds is 3. The fraction of sp³-hybridized carbons (Fsp3) is 0.556. The number of aryl methyl sites for hydroxylation is 1.